The second-order valence-electron chi connectivity index (χ2n) is 6.78. The highest BCUT2D eigenvalue weighted by atomic mass is 16.2. The van der Waals surface area contributed by atoms with Gasteiger partial charge in [-0.15, -0.1) is 0 Å². The molecule has 5 nitrogen and oxygen atoms in total. The third kappa shape index (κ3) is 2.51. The number of carbonyl (C=O) groups excluding carboxylic acids is 3. The van der Waals surface area contributed by atoms with E-state index in [2.05, 4.69) is 0 Å². The van der Waals surface area contributed by atoms with Crippen molar-refractivity contribution in [3.05, 3.63) is 65.2 Å². The van der Waals surface area contributed by atoms with E-state index in [0.29, 0.717) is 17.7 Å². The maximum Gasteiger partial charge on any atom is 0.262 e. The number of fused-ring (bicyclic) bond motifs is 2. The van der Waals surface area contributed by atoms with Crippen molar-refractivity contribution < 1.29 is 14.4 Å². The summed E-state index contributed by atoms with van der Waals surface area (Å²) < 4.78 is 0. The molecule has 3 amide bonds. The molecule has 0 aliphatic carbocycles. The van der Waals surface area contributed by atoms with Gasteiger partial charge in [-0.3, -0.25) is 19.3 Å². The normalized spacial score (nSPS) is 17.6. The van der Waals surface area contributed by atoms with Gasteiger partial charge in [0.2, 0.25) is 5.91 Å². The topological polar surface area (TPSA) is 57.7 Å². The molecule has 0 fully saturated rings. The van der Waals surface area contributed by atoms with Crippen LogP contribution in [-0.2, 0) is 11.2 Å². The van der Waals surface area contributed by atoms with Gasteiger partial charge in [-0.05, 0) is 49.9 Å². The van der Waals surface area contributed by atoms with Gasteiger partial charge in [0.05, 0.1) is 11.1 Å². The van der Waals surface area contributed by atoms with Crippen molar-refractivity contribution in [2.45, 2.75) is 32.2 Å². The Kier molecular flexibility index (Phi) is 4.07. The predicted octanol–water partition coefficient (Wildman–Crippen LogP) is 3.04. The van der Waals surface area contributed by atoms with E-state index >= 15 is 0 Å². The molecule has 2 aromatic rings. The number of benzene rings is 2. The Labute approximate surface area is 152 Å². The molecular formula is C21H20N2O3. The molecule has 26 heavy (non-hydrogen) atoms. The molecule has 2 aliphatic rings. The van der Waals surface area contributed by atoms with Crippen LogP contribution >= 0.6 is 0 Å². The first-order valence-corrected chi connectivity index (χ1v) is 8.96. The molecule has 0 spiro atoms. The number of rotatable bonds is 2. The van der Waals surface area contributed by atoms with Crippen molar-refractivity contribution >= 4 is 23.4 Å². The van der Waals surface area contributed by atoms with Crippen molar-refractivity contribution in [3.8, 4) is 0 Å². The van der Waals surface area contributed by atoms with E-state index in [4.69, 9.17) is 0 Å². The van der Waals surface area contributed by atoms with Crippen LogP contribution in [0.4, 0.5) is 5.69 Å². The standard InChI is InChI=1S/C21H20N2O3/c1-14(23-20(25)16-10-3-4-11-17(16)21(23)26)19(24)22-13-7-6-9-15-8-2-5-12-18(15)22/h2-5,8,10-12,14H,6-7,9,13H2,1H3/t14-/m0/s1. The smallest absolute Gasteiger partial charge is 0.262 e. The molecule has 5 heteroatoms. The Morgan fingerprint density at radius 3 is 2.23 bits per heavy atom. The van der Waals surface area contributed by atoms with Gasteiger partial charge >= 0.3 is 0 Å². The fraction of sp³-hybridized carbons (Fsp3) is 0.286. The largest absolute Gasteiger partial charge is 0.310 e. The van der Waals surface area contributed by atoms with Gasteiger partial charge in [0.25, 0.3) is 11.8 Å². The van der Waals surface area contributed by atoms with E-state index in [1.807, 2.05) is 24.3 Å². The molecule has 0 radical (unpaired) electrons. The van der Waals surface area contributed by atoms with E-state index in [1.165, 1.54) is 0 Å². The van der Waals surface area contributed by atoms with Crippen molar-refractivity contribution in [1.29, 1.82) is 0 Å². The van der Waals surface area contributed by atoms with Gasteiger partial charge in [0.1, 0.15) is 6.04 Å². The van der Waals surface area contributed by atoms with Crippen molar-refractivity contribution in [3.63, 3.8) is 0 Å². The molecule has 0 aromatic heterocycles. The predicted molar refractivity (Wildman–Crippen MR) is 98.1 cm³/mol. The summed E-state index contributed by atoms with van der Waals surface area (Å²) in [7, 11) is 0. The van der Waals surface area contributed by atoms with Crippen LogP contribution in [0, 0.1) is 0 Å². The first-order chi connectivity index (χ1) is 12.6. The minimum Gasteiger partial charge on any atom is -0.310 e. The summed E-state index contributed by atoms with van der Waals surface area (Å²) in [5.41, 5.74) is 2.76. The molecule has 0 bridgehead atoms. The van der Waals surface area contributed by atoms with Gasteiger partial charge in [0.15, 0.2) is 0 Å². The summed E-state index contributed by atoms with van der Waals surface area (Å²) in [6.45, 7) is 2.24. The number of hydrogen-bond donors (Lipinski definition) is 0. The van der Waals surface area contributed by atoms with Crippen molar-refractivity contribution in [1.82, 2.24) is 4.90 Å². The maximum atomic E-state index is 13.2. The monoisotopic (exact) mass is 348 g/mol. The van der Waals surface area contributed by atoms with Crippen molar-refractivity contribution in [2.75, 3.05) is 11.4 Å². The maximum absolute atomic E-state index is 13.2. The van der Waals surface area contributed by atoms with Gasteiger partial charge in [0, 0.05) is 12.2 Å². The Balaban J connectivity index is 1.65. The van der Waals surface area contributed by atoms with Gasteiger partial charge < -0.3 is 4.90 Å². The molecule has 0 N–H and O–H groups in total. The molecule has 2 aromatic carbocycles. The van der Waals surface area contributed by atoms with Gasteiger partial charge in [-0.1, -0.05) is 30.3 Å². The molecule has 132 valence electrons. The minimum absolute atomic E-state index is 0.214. The first kappa shape index (κ1) is 16.5. The molecule has 0 saturated carbocycles. The molecule has 0 saturated heterocycles. The van der Waals surface area contributed by atoms with Gasteiger partial charge in [-0.2, -0.15) is 0 Å². The summed E-state index contributed by atoms with van der Waals surface area (Å²) in [4.78, 5) is 41.4. The Bertz CT molecular complexity index is 871. The number of para-hydroxylation sites is 1. The fourth-order valence-corrected chi connectivity index (χ4v) is 3.82. The fourth-order valence-electron chi connectivity index (χ4n) is 3.82. The molecule has 1 atom stereocenters. The average Bonchev–Trinajstić information content (AvgIpc) is 2.82. The Hall–Kier alpha value is -2.95. The second-order valence-corrected chi connectivity index (χ2v) is 6.78. The number of imide groups is 1. The van der Waals surface area contributed by atoms with Crippen LogP contribution in [0.3, 0.4) is 0 Å². The van der Waals surface area contributed by atoms with Crippen LogP contribution in [0.1, 0.15) is 46.0 Å². The quantitative estimate of drug-likeness (QED) is 0.784. The number of aryl methyl sites for hydroxylation is 1. The third-order valence-corrected chi connectivity index (χ3v) is 5.20. The molecule has 2 aliphatic heterocycles. The first-order valence-electron chi connectivity index (χ1n) is 8.96. The number of hydrogen-bond acceptors (Lipinski definition) is 3. The van der Waals surface area contributed by atoms with Crippen LogP contribution in [0.15, 0.2) is 48.5 Å². The minimum atomic E-state index is -0.839. The van der Waals surface area contributed by atoms with Crippen molar-refractivity contribution in [2.24, 2.45) is 0 Å². The lowest BCUT2D eigenvalue weighted by Crippen LogP contribution is -2.49. The molecular weight excluding hydrogens is 328 g/mol. The van der Waals surface area contributed by atoms with Gasteiger partial charge in [-0.25, -0.2) is 0 Å². The summed E-state index contributed by atoms with van der Waals surface area (Å²) in [5, 5.41) is 0. The Morgan fingerprint density at radius 1 is 0.923 bits per heavy atom. The number of carbonyl (C=O) groups is 3. The van der Waals surface area contributed by atoms with E-state index < -0.39 is 17.9 Å². The number of anilines is 1. The molecule has 2 heterocycles. The average molecular weight is 348 g/mol. The van der Waals surface area contributed by atoms with E-state index in [9.17, 15) is 14.4 Å². The summed E-state index contributed by atoms with van der Waals surface area (Å²) >= 11 is 0. The summed E-state index contributed by atoms with van der Waals surface area (Å²) in [5.74, 6) is -1.00. The van der Waals surface area contributed by atoms with Crippen LogP contribution in [-0.4, -0.2) is 35.2 Å². The lowest BCUT2D eigenvalue weighted by atomic mass is 10.1. The molecule has 4 rings (SSSR count). The number of amides is 3. The highest BCUT2D eigenvalue weighted by Gasteiger charge is 2.42. The van der Waals surface area contributed by atoms with Crippen LogP contribution in [0.25, 0.3) is 0 Å². The molecule has 0 unspecified atom stereocenters. The SMILES string of the molecule is C[C@@H](C(=O)N1CCCCc2ccccc21)N1C(=O)c2ccccc2C1=O. The Morgan fingerprint density at radius 2 is 1.54 bits per heavy atom. The summed E-state index contributed by atoms with van der Waals surface area (Å²) in [6.07, 6.45) is 2.85. The van der Waals surface area contributed by atoms with E-state index in [0.717, 1.165) is 35.4 Å². The summed E-state index contributed by atoms with van der Waals surface area (Å²) in [6, 6.07) is 13.7. The second kappa shape index (κ2) is 6.41. The lowest BCUT2D eigenvalue weighted by molar-refractivity contribution is -0.122. The van der Waals surface area contributed by atoms with Crippen LogP contribution < -0.4 is 4.90 Å². The zero-order valence-electron chi connectivity index (χ0n) is 14.6. The van der Waals surface area contributed by atoms with Crippen LogP contribution in [0.5, 0.6) is 0 Å². The zero-order chi connectivity index (χ0) is 18.3. The lowest BCUT2D eigenvalue weighted by Gasteiger charge is -2.29. The zero-order valence-corrected chi connectivity index (χ0v) is 14.6. The number of nitrogens with zero attached hydrogens (tertiary/aromatic N) is 2. The van der Waals surface area contributed by atoms with E-state index in [-0.39, 0.29) is 5.91 Å². The van der Waals surface area contributed by atoms with E-state index in [1.54, 1.807) is 36.1 Å². The highest BCUT2D eigenvalue weighted by molar-refractivity contribution is 6.23. The highest BCUT2D eigenvalue weighted by Crippen LogP contribution is 2.29. The third-order valence-electron chi connectivity index (χ3n) is 5.20. The van der Waals surface area contributed by atoms with Crippen LogP contribution in [0.2, 0.25) is 0 Å².